The highest BCUT2D eigenvalue weighted by Gasteiger charge is 2.28. The number of benzene rings is 1. The van der Waals surface area contributed by atoms with Crippen molar-refractivity contribution in [2.45, 2.75) is 45.5 Å². The number of nitrogens with zero attached hydrogens (tertiary/aromatic N) is 3. The number of aromatic nitrogens is 2. The second-order valence-corrected chi connectivity index (χ2v) is 7.31. The van der Waals surface area contributed by atoms with E-state index in [1.54, 1.807) is 0 Å². The molecule has 8 heteroatoms. The Morgan fingerprint density at radius 2 is 2.21 bits per heavy atom. The van der Waals surface area contributed by atoms with Gasteiger partial charge in [-0.25, -0.2) is 8.78 Å². The van der Waals surface area contributed by atoms with Crippen LogP contribution in [0.15, 0.2) is 18.2 Å². The van der Waals surface area contributed by atoms with Gasteiger partial charge in [-0.3, -0.25) is 14.4 Å². The van der Waals surface area contributed by atoms with E-state index in [0.717, 1.165) is 56.9 Å². The minimum atomic E-state index is -1.01. The van der Waals surface area contributed by atoms with Crippen LogP contribution in [0.2, 0.25) is 0 Å². The van der Waals surface area contributed by atoms with E-state index < -0.39 is 11.6 Å². The molecule has 0 radical (unpaired) electrons. The number of likely N-dealkylation sites (tertiary alicyclic amines) is 1. The summed E-state index contributed by atoms with van der Waals surface area (Å²) >= 11 is 0. The maximum atomic E-state index is 13.3. The highest BCUT2D eigenvalue weighted by molar-refractivity contribution is 5.94. The van der Waals surface area contributed by atoms with Crippen molar-refractivity contribution >= 4 is 5.91 Å². The van der Waals surface area contributed by atoms with E-state index >= 15 is 0 Å². The fourth-order valence-electron chi connectivity index (χ4n) is 3.98. The summed E-state index contributed by atoms with van der Waals surface area (Å²) in [6.07, 6.45) is 1.70. The Labute approximate surface area is 162 Å². The molecule has 1 fully saturated rings. The number of carbonyl (C=O) groups is 1. The Morgan fingerprint density at radius 1 is 1.36 bits per heavy atom. The lowest BCUT2D eigenvalue weighted by Gasteiger charge is -2.18. The summed E-state index contributed by atoms with van der Waals surface area (Å²) in [5, 5.41) is 7.67. The van der Waals surface area contributed by atoms with Crippen LogP contribution < -0.4 is 5.32 Å². The summed E-state index contributed by atoms with van der Waals surface area (Å²) in [5.74, 6) is -2.35. The Kier molecular flexibility index (Phi) is 5.41. The van der Waals surface area contributed by atoms with Gasteiger partial charge in [0.05, 0.1) is 18.9 Å². The van der Waals surface area contributed by atoms with Gasteiger partial charge in [0.15, 0.2) is 11.6 Å². The molecule has 1 aromatic carbocycles. The van der Waals surface area contributed by atoms with Gasteiger partial charge >= 0.3 is 0 Å². The number of aryl methyl sites for hydroxylation is 1. The van der Waals surface area contributed by atoms with E-state index in [1.807, 2.05) is 0 Å². The van der Waals surface area contributed by atoms with Gasteiger partial charge in [-0.1, -0.05) is 0 Å². The van der Waals surface area contributed by atoms with Crippen LogP contribution in [0.3, 0.4) is 0 Å². The highest BCUT2D eigenvalue weighted by Crippen LogP contribution is 2.23. The molecule has 2 aliphatic heterocycles. The molecule has 1 N–H and O–H groups in total. The third-order valence-electron chi connectivity index (χ3n) is 5.44. The van der Waals surface area contributed by atoms with Crippen molar-refractivity contribution in [3.63, 3.8) is 0 Å². The van der Waals surface area contributed by atoms with E-state index in [1.165, 1.54) is 17.3 Å². The fraction of sp³-hybridized carbons (Fsp3) is 0.500. The number of hydrogen-bond acceptors (Lipinski definition) is 4. The summed E-state index contributed by atoms with van der Waals surface area (Å²) in [6, 6.07) is 3.17. The number of halogens is 2. The quantitative estimate of drug-likeness (QED) is 0.851. The third-order valence-corrected chi connectivity index (χ3v) is 5.44. The smallest absolute Gasteiger partial charge is 0.251 e. The van der Waals surface area contributed by atoms with Crippen molar-refractivity contribution in [3.05, 3.63) is 52.3 Å². The van der Waals surface area contributed by atoms with E-state index in [2.05, 4.69) is 21.8 Å². The molecule has 0 spiro atoms. The molecular weight excluding hydrogens is 366 g/mol. The minimum absolute atomic E-state index is 0.0269. The molecule has 1 saturated heterocycles. The van der Waals surface area contributed by atoms with Gasteiger partial charge < -0.3 is 10.1 Å². The van der Waals surface area contributed by atoms with E-state index in [-0.39, 0.29) is 17.5 Å². The second-order valence-electron chi connectivity index (χ2n) is 7.31. The molecule has 2 aliphatic rings. The minimum Gasteiger partial charge on any atom is -0.376 e. The van der Waals surface area contributed by atoms with Gasteiger partial charge in [-0.05, 0) is 31.5 Å². The SMILES string of the molecule is CCn1nc(CN2CCC(NC(=O)c3ccc(F)c(F)c3)C2)c2c1CCOC2. The van der Waals surface area contributed by atoms with E-state index in [4.69, 9.17) is 9.84 Å². The molecule has 2 aromatic rings. The first kappa shape index (κ1) is 19.0. The van der Waals surface area contributed by atoms with Gasteiger partial charge in [-0.15, -0.1) is 0 Å². The maximum Gasteiger partial charge on any atom is 0.251 e. The summed E-state index contributed by atoms with van der Waals surface area (Å²) in [5.41, 5.74) is 3.64. The van der Waals surface area contributed by atoms with Crippen molar-refractivity contribution in [3.8, 4) is 0 Å². The zero-order chi connectivity index (χ0) is 19.7. The van der Waals surface area contributed by atoms with Crippen molar-refractivity contribution in [2.75, 3.05) is 19.7 Å². The van der Waals surface area contributed by atoms with Crippen LogP contribution >= 0.6 is 0 Å². The molecule has 6 nitrogen and oxygen atoms in total. The van der Waals surface area contributed by atoms with Crippen molar-refractivity contribution in [2.24, 2.45) is 0 Å². The highest BCUT2D eigenvalue weighted by atomic mass is 19.2. The van der Waals surface area contributed by atoms with Crippen LogP contribution in [0.4, 0.5) is 8.78 Å². The van der Waals surface area contributed by atoms with Crippen LogP contribution in [0.25, 0.3) is 0 Å². The lowest BCUT2D eigenvalue weighted by Crippen LogP contribution is -2.37. The van der Waals surface area contributed by atoms with Crippen LogP contribution in [-0.4, -0.2) is 46.3 Å². The van der Waals surface area contributed by atoms with Crippen LogP contribution in [0.5, 0.6) is 0 Å². The first-order valence-corrected chi connectivity index (χ1v) is 9.68. The topological polar surface area (TPSA) is 59.4 Å². The van der Waals surface area contributed by atoms with E-state index in [9.17, 15) is 13.6 Å². The molecule has 0 aliphatic carbocycles. The average molecular weight is 390 g/mol. The number of rotatable bonds is 5. The molecule has 4 rings (SSSR count). The summed E-state index contributed by atoms with van der Waals surface area (Å²) in [4.78, 5) is 14.6. The van der Waals surface area contributed by atoms with E-state index in [0.29, 0.717) is 13.2 Å². The molecule has 28 heavy (non-hydrogen) atoms. The zero-order valence-electron chi connectivity index (χ0n) is 15.9. The Bertz CT molecular complexity index is 883. The normalized spacial score (nSPS) is 19.6. The van der Waals surface area contributed by atoms with Crippen molar-refractivity contribution in [1.29, 1.82) is 0 Å². The fourth-order valence-corrected chi connectivity index (χ4v) is 3.98. The number of ether oxygens (including phenoxy) is 1. The lowest BCUT2D eigenvalue weighted by atomic mass is 10.1. The zero-order valence-corrected chi connectivity index (χ0v) is 15.9. The van der Waals surface area contributed by atoms with Crippen LogP contribution in [0.1, 0.15) is 40.7 Å². The summed E-state index contributed by atoms with van der Waals surface area (Å²) in [7, 11) is 0. The summed E-state index contributed by atoms with van der Waals surface area (Å²) < 4.78 is 34.1. The second kappa shape index (κ2) is 7.97. The molecule has 1 amide bonds. The van der Waals surface area contributed by atoms with Gasteiger partial charge in [0.2, 0.25) is 0 Å². The molecule has 1 aromatic heterocycles. The van der Waals surface area contributed by atoms with Crippen LogP contribution in [-0.2, 0) is 30.9 Å². The Hall–Kier alpha value is -2.32. The monoisotopic (exact) mass is 390 g/mol. The molecule has 1 unspecified atom stereocenters. The molecule has 0 bridgehead atoms. The van der Waals surface area contributed by atoms with Gasteiger partial charge in [0.25, 0.3) is 5.91 Å². The lowest BCUT2D eigenvalue weighted by molar-refractivity contribution is 0.0937. The molecule has 3 heterocycles. The standard InChI is InChI=1S/C20H24F2N4O2/c1-2-26-19-6-8-28-12-15(19)18(24-26)11-25-7-5-14(10-25)23-20(27)13-3-4-16(21)17(22)9-13/h3-4,9,14H,2,5-8,10-12H2,1H3,(H,23,27). The maximum absolute atomic E-state index is 13.3. The number of fused-ring (bicyclic) bond motifs is 1. The molecule has 150 valence electrons. The first-order chi connectivity index (χ1) is 13.5. The Morgan fingerprint density at radius 3 is 3.00 bits per heavy atom. The van der Waals surface area contributed by atoms with Gasteiger partial charge in [-0.2, -0.15) is 5.10 Å². The third kappa shape index (κ3) is 3.79. The predicted molar refractivity (Wildman–Crippen MR) is 98.8 cm³/mol. The van der Waals surface area contributed by atoms with Crippen LogP contribution in [0, 0.1) is 11.6 Å². The Balaban J connectivity index is 1.37. The van der Waals surface area contributed by atoms with Gasteiger partial charge in [0.1, 0.15) is 0 Å². The van der Waals surface area contributed by atoms with Gasteiger partial charge in [0, 0.05) is 55.5 Å². The molecule has 1 atom stereocenters. The number of nitrogens with one attached hydrogen (secondary N) is 1. The number of carbonyl (C=O) groups excluding carboxylic acids is 1. The van der Waals surface area contributed by atoms with Crippen molar-refractivity contribution in [1.82, 2.24) is 20.0 Å². The summed E-state index contributed by atoms with van der Waals surface area (Å²) in [6.45, 7) is 6.54. The number of hydrogen-bond donors (Lipinski definition) is 1. The largest absolute Gasteiger partial charge is 0.376 e. The molecular formula is C20H24F2N4O2. The molecule has 0 saturated carbocycles. The number of amides is 1. The average Bonchev–Trinajstić information content (AvgIpc) is 3.28. The van der Waals surface area contributed by atoms with Crippen molar-refractivity contribution < 1.29 is 18.3 Å². The predicted octanol–water partition coefficient (Wildman–Crippen LogP) is 2.26. The first-order valence-electron chi connectivity index (χ1n) is 9.68.